The number of fused-ring (bicyclic) bond motifs is 1. The zero-order chi connectivity index (χ0) is 18.3. The number of nitrogens with zero attached hydrogens (tertiary/aromatic N) is 2. The Labute approximate surface area is 169 Å². The van der Waals surface area contributed by atoms with E-state index in [2.05, 4.69) is 13.3 Å². The lowest BCUT2D eigenvalue weighted by molar-refractivity contribution is 0.502. The molecule has 0 unspecified atom stereocenters. The second-order valence-electron chi connectivity index (χ2n) is 8.80. The van der Waals surface area contributed by atoms with Crippen molar-refractivity contribution in [3.05, 3.63) is 18.0 Å². The van der Waals surface area contributed by atoms with E-state index in [1.807, 2.05) is 17.5 Å². The van der Waals surface area contributed by atoms with Crippen molar-refractivity contribution in [2.45, 2.75) is 108 Å². The lowest BCUT2D eigenvalue weighted by Crippen LogP contribution is -2.19. The molecular formula is C23H34BN2S. The van der Waals surface area contributed by atoms with Gasteiger partial charge in [-0.25, -0.2) is 0 Å². The Balaban J connectivity index is 1.45. The number of hydrogen-bond acceptors (Lipinski definition) is 3. The Morgan fingerprint density at radius 2 is 1.37 bits per heavy atom. The minimum Gasteiger partial charge on any atom is -0.259 e. The maximum Gasteiger partial charge on any atom is 0.195 e. The highest BCUT2D eigenvalue weighted by atomic mass is 32.1. The van der Waals surface area contributed by atoms with E-state index in [0.717, 1.165) is 11.3 Å². The minimum atomic E-state index is 0.660. The van der Waals surface area contributed by atoms with Crippen molar-refractivity contribution < 1.29 is 0 Å². The number of pyridine rings is 1. The van der Waals surface area contributed by atoms with Gasteiger partial charge in [0.15, 0.2) is 7.28 Å². The molecule has 0 bridgehead atoms. The van der Waals surface area contributed by atoms with Crippen LogP contribution in [0, 0.1) is 0 Å². The molecule has 2 nitrogen and oxygen atoms in total. The fourth-order valence-electron chi connectivity index (χ4n) is 4.94. The first-order valence-corrected chi connectivity index (χ1v) is 12.3. The van der Waals surface area contributed by atoms with E-state index < -0.39 is 0 Å². The van der Waals surface area contributed by atoms with E-state index in [4.69, 9.17) is 9.97 Å². The highest BCUT2D eigenvalue weighted by Gasteiger charge is 2.18. The Kier molecular flexibility index (Phi) is 7.23. The highest BCUT2D eigenvalue weighted by Crippen LogP contribution is 2.31. The zero-order valence-electron chi connectivity index (χ0n) is 16.8. The summed E-state index contributed by atoms with van der Waals surface area (Å²) in [4.78, 5) is 11.0. The third-order valence-corrected chi connectivity index (χ3v) is 7.60. The van der Waals surface area contributed by atoms with Gasteiger partial charge in [-0.3, -0.25) is 9.97 Å². The Bertz CT molecular complexity index is 695. The van der Waals surface area contributed by atoms with Crippen LogP contribution in [0.2, 0.25) is 5.82 Å². The van der Waals surface area contributed by atoms with Crippen molar-refractivity contribution in [2.75, 3.05) is 0 Å². The standard InChI is InChI=1S/C23H34BN2S/c1-2-5-9-13-18(12-8-4-1)20-16-22-21(17-25-20)26-23(27-22)24-19-14-10-6-3-7-11-15-19/h16-19H,1-15H2. The summed E-state index contributed by atoms with van der Waals surface area (Å²) in [6.07, 6.45) is 22.8. The average molecular weight is 381 g/mol. The number of aromatic nitrogens is 2. The Hall–Kier alpha value is -0.895. The summed E-state index contributed by atoms with van der Waals surface area (Å²) >= 11 is 1.89. The predicted molar refractivity (Wildman–Crippen MR) is 119 cm³/mol. The summed E-state index contributed by atoms with van der Waals surface area (Å²) in [5, 5.41) is 0. The van der Waals surface area contributed by atoms with Crippen molar-refractivity contribution >= 4 is 33.7 Å². The molecule has 2 aliphatic rings. The second-order valence-corrected chi connectivity index (χ2v) is 9.86. The van der Waals surface area contributed by atoms with Crippen molar-refractivity contribution in [1.29, 1.82) is 0 Å². The van der Waals surface area contributed by atoms with E-state index in [1.54, 1.807) is 0 Å². The molecule has 0 saturated heterocycles. The fourth-order valence-corrected chi connectivity index (χ4v) is 5.96. The minimum absolute atomic E-state index is 0.660. The van der Waals surface area contributed by atoms with Crippen molar-refractivity contribution in [1.82, 2.24) is 9.97 Å². The van der Waals surface area contributed by atoms with Gasteiger partial charge in [-0.05, 0) is 18.9 Å². The van der Waals surface area contributed by atoms with Crippen LogP contribution < -0.4 is 4.91 Å². The van der Waals surface area contributed by atoms with E-state index in [9.17, 15) is 0 Å². The topological polar surface area (TPSA) is 25.8 Å². The summed E-state index contributed by atoms with van der Waals surface area (Å²) in [7, 11) is 2.47. The smallest absolute Gasteiger partial charge is 0.195 e. The van der Waals surface area contributed by atoms with Crippen LogP contribution in [0.4, 0.5) is 0 Å². The van der Waals surface area contributed by atoms with Gasteiger partial charge in [0.25, 0.3) is 0 Å². The quantitative estimate of drug-likeness (QED) is 0.548. The number of hydrogen-bond donors (Lipinski definition) is 0. The normalized spacial score (nSPS) is 21.8. The van der Waals surface area contributed by atoms with Gasteiger partial charge in [0.1, 0.15) is 0 Å². The largest absolute Gasteiger partial charge is 0.259 e. The van der Waals surface area contributed by atoms with Crippen LogP contribution in [0.3, 0.4) is 0 Å². The lowest BCUT2D eigenvalue weighted by atomic mass is 9.60. The van der Waals surface area contributed by atoms with E-state index >= 15 is 0 Å². The van der Waals surface area contributed by atoms with Crippen LogP contribution in [0.15, 0.2) is 12.3 Å². The molecule has 2 fully saturated rings. The molecule has 4 heteroatoms. The molecule has 0 aliphatic heterocycles. The summed E-state index contributed by atoms with van der Waals surface area (Å²) in [5.74, 6) is 1.39. The highest BCUT2D eigenvalue weighted by molar-refractivity contribution is 7.26. The molecule has 0 N–H and O–H groups in total. The first-order valence-electron chi connectivity index (χ1n) is 11.5. The number of thiazole rings is 1. The molecule has 1 radical (unpaired) electrons. The van der Waals surface area contributed by atoms with Crippen LogP contribution in [-0.4, -0.2) is 17.2 Å². The molecule has 2 aromatic heterocycles. The van der Waals surface area contributed by atoms with E-state index in [1.165, 1.54) is 112 Å². The molecule has 4 rings (SSSR count). The maximum atomic E-state index is 4.90. The molecular weight excluding hydrogens is 347 g/mol. The molecule has 0 aromatic carbocycles. The molecule has 0 amide bonds. The molecule has 145 valence electrons. The van der Waals surface area contributed by atoms with Crippen LogP contribution in [0.25, 0.3) is 10.2 Å². The molecule has 27 heavy (non-hydrogen) atoms. The SMILES string of the molecule is [B](c1nc2cnc(C3CCCCCCCC3)cc2s1)C1CCCCCCC1. The fraction of sp³-hybridized carbons (Fsp3) is 0.739. The van der Waals surface area contributed by atoms with Gasteiger partial charge in [-0.2, -0.15) is 0 Å². The summed E-state index contributed by atoms with van der Waals surface area (Å²) in [6.45, 7) is 0. The Morgan fingerprint density at radius 3 is 2.04 bits per heavy atom. The summed E-state index contributed by atoms with van der Waals surface area (Å²) in [6, 6.07) is 2.37. The van der Waals surface area contributed by atoms with Crippen molar-refractivity contribution in [3.8, 4) is 0 Å². The summed E-state index contributed by atoms with van der Waals surface area (Å²) < 4.78 is 1.34. The third-order valence-electron chi connectivity index (χ3n) is 6.61. The first kappa shape index (κ1) is 19.4. The van der Waals surface area contributed by atoms with Crippen LogP contribution in [-0.2, 0) is 0 Å². The molecule has 2 saturated carbocycles. The molecule has 2 aromatic rings. The van der Waals surface area contributed by atoms with Gasteiger partial charge in [0, 0.05) is 16.5 Å². The van der Waals surface area contributed by atoms with Gasteiger partial charge in [-0.15, -0.1) is 11.3 Å². The molecule has 2 aliphatic carbocycles. The van der Waals surface area contributed by atoms with Crippen molar-refractivity contribution in [3.63, 3.8) is 0 Å². The first-order chi connectivity index (χ1) is 13.4. The molecule has 0 spiro atoms. The van der Waals surface area contributed by atoms with Crippen LogP contribution in [0.5, 0.6) is 0 Å². The maximum absolute atomic E-state index is 4.90. The molecule has 0 atom stereocenters. The lowest BCUT2D eigenvalue weighted by Gasteiger charge is -2.17. The zero-order valence-corrected chi connectivity index (χ0v) is 17.6. The van der Waals surface area contributed by atoms with Crippen LogP contribution >= 0.6 is 11.3 Å². The molecule has 2 heterocycles. The second kappa shape index (κ2) is 10.0. The van der Waals surface area contributed by atoms with Gasteiger partial charge >= 0.3 is 0 Å². The van der Waals surface area contributed by atoms with E-state index in [0.29, 0.717) is 5.92 Å². The third kappa shape index (κ3) is 5.56. The van der Waals surface area contributed by atoms with Gasteiger partial charge in [0.2, 0.25) is 0 Å². The van der Waals surface area contributed by atoms with Crippen LogP contribution in [0.1, 0.15) is 108 Å². The van der Waals surface area contributed by atoms with Gasteiger partial charge in [-0.1, -0.05) is 89.3 Å². The van der Waals surface area contributed by atoms with Gasteiger partial charge < -0.3 is 0 Å². The monoisotopic (exact) mass is 381 g/mol. The van der Waals surface area contributed by atoms with Gasteiger partial charge in [0.05, 0.1) is 16.4 Å². The summed E-state index contributed by atoms with van der Waals surface area (Å²) in [5.41, 5.74) is 2.43. The number of rotatable bonds is 3. The van der Waals surface area contributed by atoms with Crippen molar-refractivity contribution in [2.24, 2.45) is 0 Å². The predicted octanol–water partition coefficient (Wildman–Crippen LogP) is 6.77. The average Bonchev–Trinajstić information content (AvgIpc) is 3.10. The van der Waals surface area contributed by atoms with E-state index in [-0.39, 0.29) is 0 Å². The Morgan fingerprint density at radius 1 is 0.778 bits per heavy atom.